The van der Waals surface area contributed by atoms with Gasteiger partial charge < -0.3 is 36.6 Å². The van der Waals surface area contributed by atoms with Crippen molar-refractivity contribution in [1.82, 2.24) is 16.0 Å². The third-order valence-corrected chi connectivity index (χ3v) is 11.0. The molecule has 13 nitrogen and oxygen atoms in total. The van der Waals surface area contributed by atoms with Gasteiger partial charge in [-0.2, -0.15) is 0 Å². The SMILES string of the molecule is O=C(O)[C@@H]1CC(=O)[C@H](Cc2ccccc2)NC(=O)[C@@H](Cc2ccc(-c3ccccc3)cc2)NC(=O)[C@H](Cc2cccs2)NC(=O)[C@H](O)[C@@H](O)C(=O)Nc2ccc(cc2)C1. The van der Waals surface area contributed by atoms with Gasteiger partial charge in [0.05, 0.1) is 12.0 Å². The van der Waals surface area contributed by atoms with E-state index in [0.29, 0.717) is 21.6 Å². The summed E-state index contributed by atoms with van der Waals surface area (Å²) in [6.07, 6.45) is -5.10. The molecular formula is C45H44N4O9S. The van der Waals surface area contributed by atoms with Gasteiger partial charge in [0.15, 0.2) is 18.0 Å². The number of thiophene rings is 1. The number of rotatable bonds is 8. The summed E-state index contributed by atoms with van der Waals surface area (Å²) >= 11 is 1.30. The molecule has 4 amide bonds. The van der Waals surface area contributed by atoms with E-state index < -0.39 is 78.1 Å². The normalized spacial score (nSPS) is 22.3. The number of ketones is 1. The van der Waals surface area contributed by atoms with Crippen molar-refractivity contribution in [3.05, 3.63) is 148 Å². The number of aliphatic carboxylic acids is 1. The second-order valence-corrected chi connectivity index (χ2v) is 15.4. The molecule has 3 heterocycles. The number of fused-ring (bicyclic) bond motifs is 18. The highest BCUT2D eigenvalue weighted by Gasteiger charge is 2.36. The zero-order valence-electron chi connectivity index (χ0n) is 31.8. The maximum Gasteiger partial charge on any atom is 0.307 e. The maximum absolute atomic E-state index is 14.4. The number of nitrogens with one attached hydrogen (secondary N) is 4. The number of hydrogen-bond acceptors (Lipinski definition) is 9. The first-order chi connectivity index (χ1) is 28.4. The Morgan fingerprint density at radius 1 is 0.559 bits per heavy atom. The van der Waals surface area contributed by atoms with E-state index in [-0.39, 0.29) is 31.4 Å². The van der Waals surface area contributed by atoms with Crippen molar-refractivity contribution in [3.63, 3.8) is 0 Å². The first-order valence-corrected chi connectivity index (χ1v) is 19.9. The van der Waals surface area contributed by atoms with Crippen molar-refractivity contribution in [1.29, 1.82) is 0 Å². The minimum absolute atomic E-state index is 0.0376. The summed E-state index contributed by atoms with van der Waals surface area (Å²) in [5, 5.41) is 43.9. The lowest BCUT2D eigenvalue weighted by Gasteiger charge is -2.26. The molecule has 2 aliphatic heterocycles. The van der Waals surface area contributed by atoms with E-state index in [9.17, 15) is 44.1 Å². The number of benzene rings is 4. The van der Waals surface area contributed by atoms with E-state index >= 15 is 0 Å². The van der Waals surface area contributed by atoms with Crippen molar-refractivity contribution in [2.45, 2.75) is 62.4 Å². The van der Waals surface area contributed by atoms with Crippen molar-refractivity contribution >= 4 is 52.4 Å². The molecule has 0 aliphatic carbocycles. The molecule has 59 heavy (non-hydrogen) atoms. The lowest BCUT2D eigenvalue weighted by atomic mass is 9.90. The smallest absolute Gasteiger partial charge is 0.307 e. The minimum Gasteiger partial charge on any atom is -0.481 e. The third-order valence-electron chi connectivity index (χ3n) is 10.1. The van der Waals surface area contributed by atoms with E-state index in [2.05, 4.69) is 21.3 Å². The van der Waals surface area contributed by atoms with Gasteiger partial charge >= 0.3 is 5.97 Å². The molecule has 7 rings (SSSR count). The van der Waals surface area contributed by atoms with E-state index in [1.54, 1.807) is 60.0 Å². The van der Waals surface area contributed by atoms with Gasteiger partial charge in [-0.25, -0.2) is 0 Å². The average Bonchev–Trinajstić information content (AvgIpc) is 3.76. The van der Waals surface area contributed by atoms with E-state index in [0.717, 1.165) is 11.1 Å². The monoisotopic (exact) mass is 816 g/mol. The summed E-state index contributed by atoms with van der Waals surface area (Å²) in [7, 11) is 0. The van der Waals surface area contributed by atoms with Crippen molar-refractivity contribution < 1.29 is 44.1 Å². The molecule has 5 aromatic rings. The number of anilines is 1. The molecule has 304 valence electrons. The zero-order valence-corrected chi connectivity index (χ0v) is 32.6. The molecule has 4 aromatic carbocycles. The Bertz CT molecular complexity index is 2230. The lowest BCUT2D eigenvalue weighted by molar-refractivity contribution is -0.145. The van der Waals surface area contributed by atoms with Gasteiger partial charge in [-0.3, -0.25) is 28.8 Å². The standard InChI is InChI=1S/C45H44N4O9S/c50-38-25-32(45(57)58)22-28-15-19-33(20-16-28)46-43(55)39(51)40(52)44(56)49-37(26-34-12-7-21-59-34)42(54)48-36(41(53)47-35(38)23-27-8-3-1-4-9-27)24-29-13-17-31(18-14-29)30-10-5-2-6-11-30/h1-21,32,35-37,39-40,51-52H,22-26H2,(H,46,55)(H,47,53)(H,48,54)(H,49,56)(H,57,58)/t32-,35-,36+,37-,39+,40+/m0/s1. The number of carbonyl (C=O) groups is 6. The van der Waals surface area contributed by atoms with Crippen LogP contribution in [0.3, 0.4) is 0 Å². The van der Waals surface area contributed by atoms with Crippen LogP contribution in [0.25, 0.3) is 11.1 Å². The van der Waals surface area contributed by atoms with E-state index in [4.69, 9.17) is 0 Å². The molecule has 2 aliphatic rings. The highest BCUT2D eigenvalue weighted by Crippen LogP contribution is 2.22. The van der Waals surface area contributed by atoms with Gasteiger partial charge in [-0.05, 0) is 64.2 Å². The average molecular weight is 817 g/mol. The van der Waals surface area contributed by atoms with Crippen LogP contribution in [0.15, 0.2) is 127 Å². The highest BCUT2D eigenvalue weighted by molar-refractivity contribution is 7.09. The number of carbonyl (C=O) groups excluding carboxylic acids is 5. The van der Waals surface area contributed by atoms with Crippen LogP contribution in [-0.2, 0) is 54.5 Å². The van der Waals surface area contributed by atoms with Gasteiger partial charge in [0.2, 0.25) is 11.8 Å². The van der Waals surface area contributed by atoms with Gasteiger partial charge in [-0.1, -0.05) is 103 Å². The minimum atomic E-state index is -2.29. The fraction of sp³-hybridized carbons (Fsp3) is 0.244. The second-order valence-electron chi connectivity index (χ2n) is 14.4. The number of carboxylic acids is 1. The molecule has 0 spiro atoms. The van der Waals surface area contributed by atoms with Crippen molar-refractivity contribution in [2.24, 2.45) is 5.92 Å². The molecule has 6 atom stereocenters. The van der Waals surface area contributed by atoms with Crippen molar-refractivity contribution in [3.8, 4) is 11.1 Å². The largest absolute Gasteiger partial charge is 0.481 e. The van der Waals surface area contributed by atoms with Crippen LogP contribution < -0.4 is 21.3 Å². The summed E-state index contributed by atoms with van der Waals surface area (Å²) in [5.74, 6) is -6.82. The Hall–Kier alpha value is -6.48. The van der Waals surface area contributed by atoms with Crippen LogP contribution in [0.4, 0.5) is 5.69 Å². The van der Waals surface area contributed by atoms with Crippen LogP contribution in [0.5, 0.6) is 0 Å². The molecule has 2 bridgehead atoms. The Morgan fingerprint density at radius 3 is 1.73 bits per heavy atom. The van der Waals surface area contributed by atoms with Crippen LogP contribution in [0.1, 0.15) is 28.0 Å². The first-order valence-electron chi connectivity index (χ1n) is 19.1. The third kappa shape index (κ3) is 11.6. The summed E-state index contributed by atoms with van der Waals surface area (Å²) < 4.78 is 0. The molecule has 0 saturated heterocycles. The Balaban J connectivity index is 1.37. The molecule has 0 saturated carbocycles. The number of aliphatic hydroxyl groups is 2. The Labute approximate surface area is 344 Å². The van der Waals surface area contributed by atoms with Gasteiger partial charge in [-0.15, -0.1) is 11.3 Å². The van der Waals surface area contributed by atoms with Crippen LogP contribution in [-0.4, -0.2) is 81.0 Å². The second kappa shape index (κ2) is 19.8. The molecule has 0 unspecified atom stereocenters. The molecule has 1 aromatic heterocycles. The van der Waals surface area contributed by atoms with E-state index in [1.807, 2.05) is 54.6 Å². The Kier molecular flexibility index (Phi) is 14.1. The number of hydrogen-bond donors (Lipinski definition) is 7. The number of amides is 4. The van der Waals surface area contributed by atoms with Crippen LogP contribution >= 0.6 is 11.3 Å². The summed E-state index contributed by atoms with van der Waals surface area (Å²) in [6.45, 7) is 0. The summed E-state index contributed by atoms with van der Waals surface area (Å²) in [5.41, 5.74) is 3.95. The predicted octanol–water partition coefficient (Wildman–Crippen LogP) is 3.47. The Morgan fingerprint density at radius 2 is 1.10 bits per heavy atom. The zero-order chi connectivity index (χ0) is 41.9. The molecule has 0 fully saturated rings. The summed E-state index contributed by atoms with van der Waals surface area (Å²) in [4.78, 5) is 82.2. The molecule has 0 radical (unpaired) electrons. The molecule has 7 N–H and O–H groups in total. The van der Waals surface area contributed by atoms with E-state index in [1.165, 1.54) is 23.5 Å². The van der Waals surface area contributed by atoms with Gasteiger partial charge in [0, 0.05) is 29.8 Å². The summed E-state index contributed by atoms with van der Waals surface area (Å²) in [6, 6.07) is 31.5. The molecular weight excluding hydrogens is 773 g/mol. The topological polar surface area (TPSA) is 211 Å². The van der Waals surface area contributed by atoms with Crippen molar-refractivity contribution in [2.75, 3.05) is 5.32 Å². The maximum atomic E-state index is 14.4. The lowest BCUT2D eigenvalue weighted by Crippen LogP contribution is -2.58. The molecule has 14 heteroatoms. The van der Waals surface area contributed by atoms with Gasteiger partial charge in [0.25, 0.3) is 11.8 Å². The van der Waals surface area contributed by atoms with Crippen LogP contribution in [0, 0.1) is 5.92 Å². The predicted molar refractivity (Wildman–Crippen MR) is 221 cm³/mol. The number of aliphatic hydroxyl groups excluding tert-OH is 2. The number of Topliss-reactive ketones (excluding diaryl/α,β-unsaturated/α-hetero) is 1. The first kappa shape index (κ1) is 42.1. The van der Waals surface area contributed by atoms with Crippen LogP contribution in [0.2, 0.25) is 0 Å². The quantitative estimate of drug-likeness (QED) is 0.114. The van der Waals surface area contributed by atoms with Gasteiger partial charge in [0.1, 0.15) is 12.1 Å². The highest BCUT2D eigenvalue weighted by atomic mass is 32.1. The fourth-order valence-electron chi connectivity index (χ4n) is 6.79. The number of carboxylic acid groups (broad SMARTS) is 1. The fourth-order valence-corrected chi connectivity index (χ4v) is 7.54.